The molecule has 0 atom stereocenters. The molecule has 0 unspecified atom stereocenters. The van der Waals surface area contributed by atoms with Crippen LogP contribution in [0.3, 0.4) is 0 Å². The summed E-state index contributed by atoms with van der Waals surface area (Å²) in [6.07, 6.45) is 3.54. The first-order chi connectivity index (χ1) is 15.5. The molecule has 10 nitrogen and oxygen atoms in total. The number of rotatable bonds is 7. The maximum absolute atomic E-state index is 12.3. The van der Waals surface area contributed by atoms with E-state index in [0.717, 1.165) is 12.8 Å². The van der Waals surface area contributed by atoms with Crippen LogP contribution in [-0.2, 0) is 0 Å². The van der Waals surface area contributed by atoms with Gasteiger partial charge in [0, 0.05) is 29.8 Å². The highest BCUT2D eigenvalue weighted by Gasteiger charge is 2.23. The number of methoxy groups -OCH3 is 1. The molecule has 0 spiro atoms. The lowest BCUT2D eigenvalue weighted by atomic mass is 10.1. The molecule has 2 aromatic carbocycles. The minimum Gasteiger partial charge on any atom is -0.496 e. The molecule has 1 fully saturated rings. The van der Waals surface area contributed by atoms with Gasteiger partial charge >= 0.3 is 6.03 Å². The van der Waals surface area contributed by atoms with E-state index in [2.05, 4.69) is 26.3 Å². The smallest absolute Gasteiger partial charge is 0.319 e. The molecule has 4 rings (SSSR count). The van der Waals surface area contributed by atoms with Gasteiger partial charge in [-0.15, -0.1) is 0 Å². The minimum atomic E-state index is -0.600. The fourth-order valence-electron chi connectivity index (χ4n) is 3.05. The summed E-state index contributed by atoms with van der Waals surface area (Å²) in [5.74, 6) is 0.541. The second-order valence-corrected chi connectivity index (χ2v) is 7.46. The third kappa shape index (κ3) is 4.70. The summed E-state index contributed by atoms with van der Waals surface area (Å²) in [4.78, 5) is 28.5. The van der Waals surface area contributed by atoms with Crippen molar-refractivity contribution in [1.29, 1.82) is 5.53 Å². The average molecular weight is 455 g/mol. The van der Waals surface area contributed by atoms with E-state index in [0.29, 0.717) is 33.1 Å². The summed E-state index contributed by atoms with van der Waals surface area (Å²) in [5.41, 5.74) is 10.1. The molecule has 0 bridgehead atoms. The number of fused-ring (bicyclic) bond motifs is 1. The third-order valence-electron chi connectivity index (χ3n) is 4.75. The Morgan fingerprint density at radius 2 is 2.00 bits per heavy atom. The maximum Gasteiger partial charge on any atom is 0.319 e. The molecule has 32 heavy (non-hydrogen) atoms. The Bertz CT molecular complexity index is 1210. The van der Waals surface area contributed by atoms with Gasteiger partial charge in [-0.1, -0.05) is 16.8 Å². The standard InChI is InChI=1S/C21H19ClN6O4/c1-31-19-10-17-13(9-14(19)20(29)27-28-23)18(6-7-24-17)32-12-4-5-16(15(22)8-12)26-21(30)25-11-2-3-11/h4-11H,2-3H2,1H3,(H2,23,27,29)(H2,25,26,30). The van der Waals surface area contributed by atoms with Crippen LogP contribution in [0.15, 0.2) is 47.8 Å². The van der Waals surface area contributed by atoms with E-state index >= 15 is 0 Å². The Hall–Kier alpha value is -3.92. The molecule has 1 heterocycles. The van der Waals surface area contributed by atoms with Crippen LogP contribution in [-0.4, -0.2) is 30.1 Å². The molecule has 0 aliphatic heterocycles. The first-order valence-corrected chi connectivity index (χ1v) is 10.0. The maximum atomic E-state index is 12.3. The molecular formula is C21H19ClN6O4. The lowest BCUT2D eigenvalue weighted by Gasteiger charge is -2.13. The van der Waals surface area contributed by atoms with Crippen molar-refractivity contribution in [3.8, 4) is 17.2 Å². The van der Waals surface area contributed by atoms with Crippen LogP contribution in [0, 0.1) is 5.53 Å². The van der Waals surface area contributed by atoms with Gasteiger partial charge in [0.15, 0.2) is 0 Å². The quantitative estimate of drug-likeness (QED) is 0.304. The van der Waals surface area contributed by atoms with E-state index in [1.54, 1.807) is 42.6 Å². The fourth-order valence-corrected chi connectivity index (χ4v) is 3.27. The van der Waals surface area contributed by atoms with Gasteiger partial charge < -0.3 is 20.1 Å². The predicted molar refractivity (Wildman–Crippen MR) is 118 cm³/mol. The SMILES string of the molecule is COc1cc2nccc(Oc3ccc(NC(=O)NC4CC4)c(Cl)c3)c2cc1C(=O)NN=N. The van der Waals surface area contributed by atoms with Gasteiger partial charge in [-0.05, 0) is 37.1 Å². The van der Waals surface area contributed by atoms with Gasteiger partial charge in [-0.2, -0.15) is 5.53 Å². The number of anilines is 1. The highest BCUT2D eigenvalue weighted by atomic mass is 35.5. The zero-order chi connectivity index (χ0) is 22.7. The Balaban J connectivity index is 1.61. The number of aromatic nitrogens is 1. The Morgan fingerprint density at radius 3 is 2.69 bits per heavy atom. The van der Waals surface area contributed by atoms with E-state index in [9.17, 15) is 9.59 Å². The summed E-state index contributed by atoms with van der Waals surface area (Å²) in [6, 6.07) is 9.62. The number of halogens is 1. The number of urea groups is 1. The van der Waals surface area contributed by atoms with Gasteiger partial charge in [0.1, 0.15) is 17.2 Å². The van der Waals surface area contributed by atoms with Gasteiger partial charge in [0.25, 0.3) is 5.91 Å². The number of carbonyl (C=O) groups is 2. The second-order valence-electron chi connectivity index (χ2n) is 7.05. The largest absolute Gasteiger partial charge is 0.496 e. The zero-order valence-electron chi connectivity index (χ0n) is 16.9. The lowest BCUT2D eigenvalue weighted by Crippen LogP contribution is -2.30. The molecule has 1 aliphatic carbocycles. The molecule has 164 valence electrons. The van der Waals surface area contributed by atoms with Crippen molar-refractivity contribution < 1.29 is 19.1 Å². The van der Waals surface area contributed by atoms with Gasteiger partial charge in [0.2, 0.25) is 0 Å². The van der Waals surface area contributed by atoms with Crippen molar-refractivity contribution in [2.24, 2.45) is 5.22 Å². The summed E-state index contributed by atoms with van der Waals surface area (Å²) < 4.78 is 11.3. The third-order valence-corrected chi connectivity index (χ3v) is 5.07. The van der Waals surface area contributed by atoms with Crippen molar-refractivity contribution in [1.82, 2.24) is 15.7 Å². The normalized spacial score (nSPS) is 12.7. The van der Waals surface area contributed by atoms with Crippen molar-refractivity contribution in [2.45, 2.75) is 18.9 Å². The summed E-state index contributed by atoms with van der Waals surface area (Å²) >= 11 is 6.32. The highest BCUT2D eigenvalue weighted by molar-refractivity contribution is 6.33. The average Bonchev–Trinajstić information content (AvgIpc) is 3.59. The number of ether oxygens (including phenoxy) is 2. The zero-order valence-corrected chi connectivity index (χ0v) is 17.7. The van der Waals surface area contributed by atoms with Crippen molar-refractivity contribution in [2.75, 3.05) is 12.4 Å². The molecule has 0 saturated heterocycles. The van der Waals surface area contributed by atoms with Crippen LogP contribution >= 0.6 is 11.6 Å². The predicted octanol–water partition coefficient (Wildman–Crippen LogP) is 4.65. The van der Waals surface area contributed by atoms with E-state index < -0.39 is 5.91 Å². The Labute approximate surface area is 187 Å². The molecular weight excluding hydrogens is 436 g/mol. The van der Waals surface area contributed by atoms with Crippen LogP contribution in [0.4, 0.5) is 10.5 Å². The monoisotopic (exact) mass is 454 g/mol. The number of nitrogens with zero attached hydrogens (tertiary/aromatic N) is 2. The molecule has 0 radical (unpaired) electrons. The molecule has 3 aromatic rings. The minimum absolute atomic E-state index is 0.174. The van der Waals surface area contributed by atoms with Gasteiger partial charge in [-0.3, -0.25) is 9.78 Å². The molecule has 1 saturated carbocycles. The molecule has 3 amide bonds. The number of hydrogen-bond donors (Lipinski definition) is 4. The molecule has 4 N–H and O–H groups in total. The number of amides is 3. The number of carbonyl (C=O) groups excluding carboxylic acids is 2. The summed E-state index contributed by atoms with van der Waals surface area (Å²) in [6.45, 7) is 0. The van der Waals surface area contributed by atoms with Crippen LogP contribution in [0.5, 0.6) is 17.2 Å². The van der Waals surface area contributed by atoms with Crippen LogP contribution in [0.1, 0.15) is 23.2 Å². The first-order valence-electron chi connectivity index (χ1n) is 9.67. The van der Waals surface area contributed by atoms with Crippen molar-refractivity contribution >= 4 is 40.1 Å². The van der Waals surface area contributed by atoms with Gasteiger partial charge in [0.05, 0.1) is 28.9 Å². The van der Waals surface area contributed by atoms with E-state index in [-0.39, 0.29) is 23.4 Å². The fraction of sp³-hybridized carbons (Fsp3) is 0.190. The topological polar surface area (TPSA) is 138 Å². The molecule has 1 aliphatic rings. The lowest BCUT2D eigenvalue weighted by molar-refractivity contribution is 0.0947. The van der Waals surface area contributed by atoms with E-state index in [1.165, 1.54) is 7.11 Å². The summed E-state index contributed by atoms with van der Waals surface area (Å²) in [5, 5.41) is 9.32. The molecule has 1 aromatic heterocycles. The van der Waals surface area contributed by atoms with Crippen molar-refractivity contribution in [3.05, 3.63) is 53.2 Å². The number of pyridine rings is 1. The number of nitrogens with one attached hydrogen (secondary N) is 4. The van der Waals surface area contributed by atoms with Crippen LogP contribution < -0.4 is 25.5 Å². The highest BCUT2D eigenvalue weighted by Crippen LogP contribution is 2.35. The van der Waals surface area contributed by atoms with E-state index in [4.69, 9.17) is 26.6 Å². The van der Waals surface area contributed by atoms with E-state index in [1.807, 2.05) is 0 Å². The molecule has 11 heteroatoms. The van der Waals surface area contributed by atoms with Crippen molar-refractivity contribution in [3.63, 3.8) is 0 Å². The Morgan fingerprint density at radius 1 is 1.19 bits per heavy atom. The van der Waals surface area contributed by atoms with Crippen LogP contribution in [0.25, 0.3) is 10.9 Å². The number of hydrogen-bond acceptors (Lipinski definition) is 7. The van der Waals surface area contributed by atoms with Crippen LogP contribution in [0.2, 0.25) is 5.02 Å². The first kappa shape index (κ1) is 21.3. The Kier molecular flexibility index (Phi) is 6.04. The van der Waals surface area contributed by atoms with Gasteiger partial charge in [-0.25, -0.2) is 10.2 Å². The second kappa shape index (κ2) is 9.06. The number of benzene rings is 2. The summed E-state index contributed by atoms with van der Waals surface area (Å²) in [7, 11) is 1.43.